The van der Waals surface area contributed by atoms with Crippen LogP contribution in [-0.2, 0) is 10.8 Å². The van der Waals surface area contributed by atoms with Gasteiger partial charge in [0.25, 0.3) is 6.71 Å². The first-order chi connectivity index (χ1) is 30.5. The SMILES string of the molecule is Cc1cc2c3c(c1)N1c4c(cccc4C4(C)CCCCC14C)B3c1ccc(N(c3ccccc3)c3cc(-c4cccc5ccccc45)cc(C(C)(C)C)c3)cc1N2c1ccccc1. The number of hydrogen-bond donors (Lipinski definition) is 0. The number of para-hydroxylation sites is 3. The molecule has 0 amide bonds. The van der Waals surface area contributed by atoms with Crippen molar-refractivity contribution in [2.45, 2.75) is 83.6 Å². The molecule has 2 unspecified atom stereocenters. The lowest BCUT2D eigenvalue weighted by Gasteiger charge is -2.52. The lowest BCUT2D eigenvalue weighted by Crippen LogP contribution is -2.64. The minimum Gasteiger partial charge on any atom is -0.335 e. The van der Waals surface area contributed by atoms with Gasteiger partial charge in [0.2, 0.25) is 0 Å². The first kappa shape index (κ1) is 38.2. The van der Waals surface area contributed by atoms with Gasteiger partial charge >= 0.3 is 0 Å². The van der Waals surface area contributed by atoms with E-state index in [1.54, 1.807) is 0 Å². The molecule has 1 aliphatic carbocycles. The zero-order chi connectivity index (χ0) is 42.8. The molecule has 3 aliphatic heterocycles. The highest BCUT2D eigenvalue weighted by Gasteiger charge is 2.61. The summed E-state index contributed by atoms with van der Waals surface area (Å²) in [5.74, 6) is 0. The number of nitrogens with zero attached hydrogens (tertiary/aromatic N) is 3. The Morgan fingerprint density at radius 2 is 1.30 bits per heavy atom. The molecule has 308 valence electrons. The van der Waals surface area contributed by atoms with E-state index in [4.69, 9.17) is 0 Å². The fourth-order valence-corrected chi connectivity index (χ4v) is 12.2. The van der Waals surface area contributed by atoms with E-state index in [-0.39, 0.29) is 23.1 Å². The molecule has 63 heavy (non-hydrogen) atoms. The molecule has 12 rings (SSSR count). The third kappa shape index (κ3) is 5.53. The fraction of sp³-hybridized carbons (Fsp3) is 0.220. The molecule has 4 heteroatoms. The van der Waals surface area contributed by atoms with Gasteiger partial charge in [-0.15, -0.1) is 0 Å². The van der Waals surface area contributed by atoms with E-state index >= 15 is 0 Å². The van der Waals surface area contributed by atoms with Crippen LogP contribution in [0.2, 0.25) is 0 Å². The molecular weight excluding hydrogens is 761 g/mol. The van der Waals surface area contributed by atoms with E-state index in [1.165, 1.54) is 109 Å². The Hall–Kier alpha value is -6.52. The van der Waals surface area contributed by atoms with Crippen LogP contribution in [0.1, 0.15) is 77.0 Å². The molecule has 0 aromatic heterocycles. The minimum atomic E-state index is -0.0760. The lowest BCUT2D eigenvalue weighted by molar-refractivity contribution is 0.195. The molecule has 3 nitrogen and oxygen atoms in total. The van der Waals surface area contributed by atoms with Crippen LogP contribution in [0.3, 0.4) is 0 Å². The predicted octanol–water partition coefficient (Wildman–Crippen LogP) is 13.9. The van der Waals surface area contributed by atoms with Crippen LogP contribution in [-0.4, -0.2) is 12.3 Å². The monoisotopic (exact) mass is 815 g/mol. The summed E-state index contributed by atoms with van der Waals surface area (Å²) in [6.07, 6.45) is 4.97. The number of fused-ring (bicyclic) bond motifs is 8. The molecule has 0 N–H and O–H groups in total. The summed E-state index contributed by atoms with van der Waals surface area (Å²) in [5.41, 5.74) is 20.8. The molecule has 1 saturated carbocycles. The highest BCUT2D eigenvalue weighted by Crippen LogP contribution is 2.61. The second-order valence-corrected chi connectivity index (χ2v) is 20.2. The molecule has 0 bridgehead atoms. The average Bonchev–Trinajstić information content (AvgIpc) is 3.51. The Morgan fingerprint density at radius 1 is 0.587 bits per heavy atom. The van der Waals surface area contributed by atoms with Crippen LogP contribution in [0.4, 0.5) is 45.5 Å². The first-order valence-corrected chi connectivity index (χ1v) is 23.1. The van der Waals surface area contributed by atoms with Crippen LogP contribution < -0.4 is 31.1 Å². The second-order valence-electron chi connectivity index (χ2n) is 20.2. The first-order valence-electron chi connectivity index (χ1n) is 23.1. The Kier molecular flexibility index (Phi) is 8.33. The molecule has 0 spiro atoms. The van der Waals surface area contributed by atoms with E-state index in [1.807, 2.05) is 0 Å². The second kappa shape index (κ2) is 13.7. The van der Waals surface area contributed by atoms with E-state index in [2.05, 4.69) is 226 Å². The zero-order valence-corrected chi connectivity index (χ0v) is 37.4. The van der Waals surface area contributed by atoms with Crippen molar-refractivity contribution in [3.8, 4) is 11.1 Å². The Morgan fingerprint density at radius 3 is 2.11 bits per heavy atom. The minimum absolute atomic E-state index is 0.000594. The van der Waals surface area contributed by atoms with Crippen molar-refractivity contribution in [1.29, 1.82) is 0 Å². The van der Waals surface area contributed by atoms with Gasteiger partial charge in [-0.2, -0.15) is 0 Å². The van der Waals surface area contributed by atoms with Gasteiger partial charge < -0.3 is 14.7 Å². The van der Waals surface area contributed by atoms with Gasteiger partial charge in [-0.3, -0.25) is 0 Å². The smallest absolute Gasteiger partial charge is 0.252 e. The summed E-state index contributed by atoms with van der Waals surface area (Å²) in [5, 5.41) is 2.52. The van der Waals surface area contributed by atoms with Crippen LogP contribution in [0.15, 0.2) is 170 Å². The molecule has 8 aromatic carbocycles. The van der Waals surface area contributed by atoms with E-state index in [0.29, 0.717) is 0 Å². The van der Waals surface area contributed by atoms with Crippen molar-refractivity contribution in [3.63, 3.8) is 0 Å². The molecule has 0 radical (unpaired) electrons. The fourth-order valence-electron chi connectivity index (χ4n) is 12.2. The Balaban J connectivity index is 1.12. The van der Waals surface area contributed by atoms with Gasteiger partial charge in [-0.25, -0.2) is 0 Å². The number of aryl methyl sites for hydroxylation is 1. The highest BCUT2D eigenvalue weighted by molar-refractivity contribution is 7.00. The highest BCUT2D eigenvalue weighted by atomic mass is 15.3. The number of anilines is 8. The molecule has 2 atom stereocenters. The number of benzene rings is 8. The maximum atomic E-state index is 2.83. The summed E-state index contributed by atoms with van der Waals surface area (Å²) in [6.45, 7) is 14.5. The average molecular weight is 816 g/mol. The molecule has 1 fully saturated rings. The molecule has 3 heterocycles. The standard InChI is InChI=1S/C59H54BN3/c1-39-33-53-55-54(34-39)63-56-49(58(5)31-15-16-32-59(58,63)6)27-18-28-51(56)60(55)50-30-29-45(38-52(50)62(53)44-23-11-8-12-24-44)61(43-21-9-7-10-22-43)46-36-41(35-42(37-46)57(2,3)4)48-26-17-20-40-19-13-14-25-47(40)48/h7-14,17-30,33-38H,15-16,31-32H2,1-6H3. The predicted molar refractivity (Wildman–Crippen MR) is 270 cm³/mol. The van der Waals surface area contributed by atoms with Crippen molar-refractivity contribution in [2.75, 3.05) is 14.7 Å². The summed E-state index contributed by atoms with van der Waals surface area (Å²) in [7, 11) is 0. The third-order valence-corrected chi connectivity index (χ3v) is 15.5. The van der Waals surface area contributed by atoms with Crippen LogP contribution >= 0.6 is 0 Å². The van der Waals surface area contributed by atoms with E-state index in [9.17, 15) is 0 Å². The van der Waals surface area contributed by atoms with Gasteiger partial charge in [0.1, 0.15) is 0 Å². The lowest BCUT2D eigenvalue weighted by atomic mass is 9.33. The maximum absolute atomic E-state index is 2.83. The molecule has 0 saturated heterocycles. The number of rotatable bonds is 5. The normalized spacial score (nSPS) is 19.4. The molecule has 4 aliphatic rings. The molecule has 8 aromatic rings. The van der Waals surface area contributed by atoms with Gasteiger partial charge in [0.15, 0.2) is 0 Å². The quantitative estimate of drug-likeness (QED) is 0.160. The van der Waals surface area contributed by atoms with Crippen LogP contribution in [0.5, 0.6) is 0 Å². The van der Waals surface area contributed by atoms with E-state index < -0.39 is 0 Å². The van der Waals surface area contributed by atoms with Crippen molar-refractivity contribution in [2.24, 2.45) is 0 Å². The van der Waals surface area contributed by atoms with Crippen LogP contribution in [0, 0.1) is 6.92 Å². The largest absolute Gasteiger partial charge is 0.335 e. The summed E-state index contributed by atoms with van der Waals surface area (Å²) >= 11 is 0. The summed E-state index contributed by atoms with van der Waals surface area (Å²) in [6, 6.07) is 64.4. The topological polar surface area (TPSA) is 9.72 Å². The van der Waals surface area contributed by atoms with Gasteiger partial charge in [-0.1, -0.05) is 150 Å². The van der Waals surface area contributed by atoms with Crippen molar-refractivity contribution >= 4 is 79.4 Å². The van der Waals surface area contributed by atoms with Crippen molar-refractivity contribution < 1.29 is 0 Å². The molecular formula is C59H54BN3. The van der Waals surface area contributed by atoms with Gasteiger partial charge in [0.05, 0.1) is 5.54 Å². The zero-order valence-electron chi connectivity index (χ0n) is 37.4. The van der Waals surface area contributed by atoms with Gasteiger partial charge in [-0.05, 0) is 148 Å². The number of hydrogen-bond acceptors (Lipinski definition) is 3. The van der Waals surface area contributed by atoms with Crippen molar-refractivity contribution in [3.05, 3.63) is 187 Å². The van der Waals surface area contributed by atoms with Crippen molar-refractivity contribution in [1.82, 2.24) is 0 Å². The Bertz CT molecular complexity index is 3130. The maximum Gasteiger partial charge on any atom is 0.252 e. The van der Waals surface area contributed by atoms with Crippen LogP contribution in [0.25, 0.3) is 21.9 Å². The summed E-state index contributed by atoms with van der Waals surface area (Å²) in [4.78, 5) is 7.89. The van der Waals surface area contributed by atoms with Gasteiger partial charge in [0, 0.05) is 50.9 Å². The van der Waals surface area contributed by atoms with E-state index in [0.717, 1.165) is 17.1 Å². The Labute approximate surface area is 373 Å². The third-order valence-electron chi connectivity index (χ3n) is 15.5. The summed E-state index contributed by atoms with van der Waals surface area (Å²) < 4.78 is 0.